The SMILES string of the molecule is C=CC(C=C)OC(=O)C(Br)CC(C)CC. The van der Waals surface area contributed by atoms with Crippen molar-refractivity contribution in [1.82, 2.24) is 0 Å². The maximum absolute atomic E-state index is 11.6. The molecule has 0 N–H and O–H groups in total. The van der Waals surface area contributed by atoms with Gasteiger partial charge in [-0.2, -0.15) is 0 Å². The number of hydrogen-bond donors (Lipinski definition) is 0. The second-order valence-electron chi connectivity index (χ2n) is 3.59. The average Bonchev–Trinajstić information content (AvgIpc) is 2.24. The van der Waals surface area contributed by atoms with Crippen LogP contribution in [0.25, 0.3) is 0 Å². The zero-order valence-corrected chi connectivity index (χ0v) is 11.0. The van der Waals surface area contributed by atoms with E-state index in [9.17, 15) is 4.79 Å². The number of rotatable bonds is 7. The first-order valence-electron chi connectivity index (χ1n) is 5.14. The summed E-state index contributed by atoms with van der Waals surface area (Å²) >= 11 is 3.33. The lowest BCUT2D eigenvalue weighted by Crippen LogP contribution is -2.23. The summed E-state index contributed by atoms with van der Waals surface area (Å²) in [6, 6.07) is 0. The molecule has 0 aromatic heterocycles. The van der Waals surface area contributed by atoms with E-state index < -0.39 is 6.10 Å². The van der Waals surface area contributed by atoms with Crippen molar-refractivity contribution in [3.8, 4) is 0 Å². The number of ether oxygens (including phenoxy) is 1. The monoisotopic (exact) mass is 274 g/mol. The predicted octanol–water partition coefficient (Wildman–Crippen LogP) is 3.47. The van der Waals surface area contributed by atoms with E-state index in [2.05, 4.69) is 42.9 Å². The summed E-state index contributed by atoms with van der Waals surface area (Å²) in [4.78, 5) is 11.3. The van der Waals surface area contributed by atoms with Crippen LogP contribution in [0.15, 0.2) is 25.3 Å². The highest BCUT2D eigenvalue weighted by Crippen LogP contribution is 2.17. The Morgan fingerprint density at radius 1 is 1.47 bits per heavy atom. The molecule has 0 radical (unpaired) electrons. The molecule has 2 nitrogen and oxygen atoms in total. The van der Waals surface area contributed by atoms with E-state index >= 15 is 0 Å². The lowest BCUT2D eigenvalue weighted by atomic mass is 10.0. The number of carbonyl (C=O) groups is 1. The largest absolute Gasteiger partial charge is 0.453 e. The van der Waals surface area contributed by atoms with Gasteiger partial charge in [-0.25, -0.2) is 0 Å². The van der Waals surface area contributed by atoms with Gasteiger partial charge in [0, 0.05) is 0 Å². The quantitative estimate of drug-likeness (QED) is 0.404. The van der Waals surface area contributed by atoms with E-state index in [0.717, 1.165) is 12.8 Å². The van der Waals surface area contributed by atoms with Crippen LogP contribution in [-0.4, -0.2) is 16.9 Å². The molecule has 0 aliphatic rings. The lowest BCUT2D eigenvalue weighted by Gasteiger charge is -2.16. The Bertz CT molecular complexity index is 218. The number of esters is 1. The molecule has 86 valence electrons. The third-order valence-electron chi connectivity index (χ3n) is 2.28. The fourth-order valence-corrected chi connectivity index (χ4v) is 1.76. The van der Waals surface area contributed by atoms with Crippen LogP contribution in [0.5, 0.6) is 0 Å². The van der Waals surface area contributed by atoms with Gasteiger partial charge in [-0.15, -0.1) is 0 Å². The minimum atomic E-state index is -0.394. The minimum Gasteiger partial charge on any atom is -0.453 e. The lowest BCUT2D eigenvalue weighted by molar-refractivity contribution is -0.144. The van der Waals surface area contributed by atoms with Gasteiger partial charge in [0.05, 0.1) is 0 Å². The molecule has 0 saturated heterocycles. The smallest absolute Gasteiger partial charge is 0.320 e. The van der Waals surface area contributed by atoms with Gasteiger partial charge in [0.25, 0.3) is 0 Å². The summed E-state index contributed by atoms with van der Waals surface area (Å²) in [6.45, 7) is 11.3. The number of alkyl halides is 1. The predicted molar refractivity (Wildman–Crippen MR) is 67.1 cm³/mol. The molecule has 0 bridgehead atoms. The summed E-state index contributed by atoms with van der Waals surface area (Å²) in [5, 5.41) is 0. The summed E-state index contributed by atoms with van der Waals surface area (Å²) in [5.74, 6) is 0.257. The molecule has 0 rings (SSSR count). The van der Waals surface area contributed by atoms with E-state index in [4.69, 9.17) is 4.74 Å². The zero-order valence-electron chi connectivity index (χ0n) is 9.41. The molecule has 0 saturated carbocycles. The number of hydrogen-bond acceptors (Lipinski definition) is 2. The summed E-state index contributed by atoms with van der Waals surface area (Å²) < 4.78 is 5.13. The Morgan fingerprint density at radius 3 is 2.40 bits per heavy atom. The van der Waals surface area contributed by atoms with E-state index in [1.807, 2.05) is 0 Å². The van der Waals surface area contributed by atoms with Crippen molar-refractivity contribution in [2.45, 2.75) is 37.6 Å². The Balaban J connectivity index is 4.08. The zero-order chi connectivity index (χ0) is 11.8. The minimum absolute atomic E-state index is 0.241. The van der Waals surface area contributed by atoms with Crippen molar-refractivity contribution in [2.24, 2.45) is 5.92 Å². The van der Waals surface area contributed by atoms with Gasteiger partial charge >= 0.3 is 5.97 Å². The molecule has 15 heavy (non-hydrogen) atoms. The molecule has 0 spiro atoms. The van der Waals surface area contributed by atoms with E-state index in [0.29, 0.717) is 5.92 Å². The van der Waals surface area contributed by atoms with Crippen LogP contribution in [0.4, 0.5) is 0 Å². The molecular formula is C12H19BrO2. The van der Waals surface area contributed by atoms with Crippen molar-refractivity contribution < 1.29 is 9.53 Å². The summed E-state index contributed by atoms with van der Waals surface area (Å²) in [7, 11) is 0. The van der Waals surface area contributed by atoms with Crippen LogP contribution >= 0.6 is 15.9 Å². The standard InChI is InChI=1S/C12H19BrO2/c1-5-9(4)8-11(13)12(14)15-10(6-2)7-3/h6-7,9-11H,2-3,5,8H2,1,4H3. The summed E-state index contributed by atoms with van der Waals surface area (Å²) in [5.41, 5.74) is 0. The molecule has 0 aliphatic carbocycles. The normalized spacial score (nSPS) is 14.4. The van der Waals surface area contributed by atoms with Gasteiger partial charge in [0.2, 0.25) is 0 Å². The second-order valence-corrected chi connectivity index (χ2v) is 4.69. The summed E-state index contributed by atoms with van der Waals surface area (Å²) in [6.07, 6.45) is 4.55. The highest BCUT2D eigenvalue weighted by atomic mass is 79.9. The molecule has 2 unspecified atom stereocenters. The van der Waals surface area contributed by atoms with E-state index in [1.165, 1.54) is 0 Å². The topological polar surface area (TPSA) is 26.3 Å². The first-order chi connectivity index (χ1) is 7.04. The van der Waals surface area contributed by atoms with Crippen LogP contribution in [0.2, 0.25) is 0 Å². The highest BCUT2D eigenvalue weighted by molar-refractivity contribution is 9.10. The van der Waals surface area contributed by atoms with E-state index in [-0.39, 0.29) is 10.8 Å². The molecule has 3 heteroatoms. The molecular weight excluding hydrogens is 256 g/mol. The fourth-order valence-electron chi connectivity index (χ4n) is 1.02. The fraction of sp³-hybridized carbons (Fsp3) is 0.583. The first kappa shape index (κ1) is 14.4. The number of halogens is 1. The van der Waals surface area contributed by atoms with Crippen molar-refractivity contribution in [3.63, 3.8) is 0 Å². The van der Waals surface area contributed by atoms with Crippen molar-refractivity contribution >= 4 is 21.9 Å². The second kappa shape index (κ2) is 7.69. The molecule has 0 aromatic carbocycles. The molecule has 0 aromatic rings. The maximum atomic E-state index is 11.6. The average molecular weight is 275 g/mol. The first-order valence-corrected chi connectivity index (χ1v) is 6.06. The van der Waals surface area contributed by atoms with Gasteiger partial charge < -0.3 is 4.74 Å². The molecule has 0 aliphatic heterocycles. The third kappa shape index (κ3) is 5.78. The van der Waals surface area contributed by atoms with Gasteiger partial charge in [-0.05, 0) is 24.5 Å². The van der Waals surface area contributed by atoms with Crippen LogP contribution in [-0.2, 0) is 9.53 Å². The van der Waals surface area contributed by atoms with Crippen LogP contribution < -0.4 is 0 Å². The Labute approximate surface area is 101 Å². The van der Waals surface area contributed by atoms with Gasteiger partial charge in [-0.3, -0.25) is 4.79 Å². The van der Waals surface area contributed by atoms with Crippen molar-refractivity contribution in [1.29, 1.82) is 0 Å². The third-order valence-corrected chi connectivity index (χ3v) is 3.03. The molecule has 0 fully saturated rings. The Morgan fingerprint density at radius 2 is 2.00 bits per heavy atom. The van der Waals surface area contributed by atoms with E-state index in [1.54, 1.807) is 12.2 Å². The van der Waals surface area contributed by atoms with Gasteiger partial charge in [0.1, 0.15) is 10.9 Å². The molecule has 0 heterocycles. The van der Waals surface area contributed by atoms with Crippen LogP contribution in [0.1, 0.15) is 26.7 Å². The van der Waals surface area contributed by atoms with Gasteiger partial charge in [-0.1, -0.05) is 49.4 Å². The Hall–Kier alpha value is -0.570. The molecule has 2 atom stereocenters. The maximum Gasteiger partial charge on any atom is 0.320 e. The van der Waals surface area contributed by atoms with Crippen molar-refractivity contribution in [3.05, 3.63) is 25.3 Å². The van der Waals surface area contributed by atoms with Gasteiger partial charge in [0.15, 0.2) is 0 Å². The van der Waals surface area contributed by atoms with Crippen molar-refractivity contribution in [2.75, 3.05) is 0 Å². The molecule has 0 amide bonds. The Kier molecular flexibility index (Phi) is 7.39. The number of carbonyl (C=O) groups excluding carboxylic acids is 1. The van der Waals surface area contributed by atoms with Crippen LogP contribution in [0.3, 0.4) is 0 Å². The highest BCUT2D eigenvalue weighted by Gasteiger charge is 2.20. The van der Waals surface area contributed by atoms with Crippen LogP contribution in [0, 0.1) is 5.92 Å².